The van der Waals surface area contributed by atoms with Crippen molar-refractivity contribution in [1.29, 1.82) is 0 Å². The normalized spacial score (nSPS) is 14.1. The second-order valence-corrected chi connectivity index (χ2v) is 10.8. The highest BCUT2D eigenvalue weighted by Crippen LogP contribution is 2.41. The Morgan fingerprint density at radius 2 is 1.58 bits per heavy atom. The van der Waals surface area contributed by atoms with Crippen molar-refractivity contribution in [2.75, 3.05) is 0 Å². The average Bonchev–Trinajstić information content (AvgIpc) is 2.78. The molecule has 3 aromatic rings. The Morgan fingerprint density at radius 1 is 0.917 bits per heavy atom. The van der Waals surface area contributed by atoms with Gasteiger partial charge in [-0.25, -0.2) is 13.5 Å². The lowest BCUT2D eigenvalue weighted by Crippen LogP contribution is -2.44. The van der Waals surface area contributed by atoms with Crippen LogP contribution in [0.1, 0.15) is 37.5 Å². The molecule has 0 radical (unpaired) electrons. The zero-order chi connectivity index (χ0) is 26.7. The van der Waals surface area contributed by atoms with Gasteiger partial charge in [0, 0.05) is 10.8 Å². The molecule has 1 unspecified atom stereocenters. The first-order chi connectivity index (χ1) is 16.7. The molecule has 10 heteroatoms. The van der Waals surface area contributed by atoms with Crippen molar-refractivity contribution in [2.24, 2.45) is 0 Å². The highest BCUT2D eigenvalue weighted by Gasteiger charge is 2.45. The molecular formula is C26H25F6NO2S. The van der Waals surface area contributed by atoms with Crippen molar-refractivity contribution in [3.63, 3.8) is 0 Å². The van der Waals surface area contributed by atoms with Gasteiger partial charge in [-0.1, -0.05) is 48.3 Å². The minimum absolute atomic E-state index is 0.0215. The first kappa shape index (κ1) is 27.7. The Bertz CT molecular complexity index is 1190. The number of benzene rings is 3. The van der Waals surface area contributed by atoms with Crippen molar-refractivity contribution in [3.05, 3.63) is 95.1 Å². The Labute approximate surface area is 209 Å². The van der Waals surface area contributed by atoms with Gasteiger partial charge in [-0.05, 0) is 68.1 Å². The van der Waals surface area contributed by atoms with Gasteiger partial charge in [-0.15, -0.1) is 0 Å². The maximum Gasteiger partial charge on any atom is 0.461 e. The van der Waals surface area contributed by atoms with Crippen LogP contribution < -0.4 is 9.46 Å². The Balaban J connectivity index is 2.27. The third-order valence-corrected chi connectivity index (χ3v) is 6.22. The molecule has 0 saturated carbocycles. The van der Waals surface area contributed by atoms with E-state index in [9.17, 15) is 31.4 Å². The molecule has 3 rings (SSSR count). The second kappa shape index (κ2) is 10.6. The van der Waals surface area contributed by atoms with Gasteiger partial charge in [0.25, 0.3) is 0 Å². The van der Waals surface area contributed by atoms with E-state index in [2.05, 4.69) is 9.46 Å². The summed E-state index contributed by atoms with van der Waals surface area (Å²) in [6, 6.07) is 15.1. The predicted octanol–water partition coefficient (Wildman–Crippen LogP) is 7.43. The maximum atomic E-state index is 14.7. The third kappa shape index (κ3) is 6.67. The summed E-state index contributed by atoms with van der Waals surface area (Å²) in [5, 5.41) is 9.76. The van der Waals surface area contributed by atoms with E-state index in [0.29, 0.717) is 6.07 Å². The predicted molar refractivity (Wildman–Crippen MR) is 127 cm³/mol. The number of hydrogen-bond donors (Lipinski definition) is 2. The van der Waals surface area contributed by atoms with Crippen molar-refractivity contribution < 1.29 is 36.2 Å². The van der Waals surface area contributed by atoms with E-state index in [4.69, 9.17) is 0 Å². The maximum absolute atomic E-state index is 14.7. The molecule has 2 N–H and O–H groups in total. The largest absolute Gasteiger partial charge is 0.505 e. The van der Waals surface area contributed by atoms with Crippen molar-refractivity contribution in [1.82, 2.24) is 4.72 Å². The lowest BCUT2D eigenvalue weighted by Gasteiger charge is -2.38. The van der Waals surface area contributed by atoms with E-state index < -0.39 is 46.0 Å². The van der Waals surface area contributed by atoms with Crippen LogP contribution in [0.5, 0.6) is 11.5 Å². The van der Waals surface area contributed by atoms with Crippen molar-refractivity contribution >= 4 is 11.9 Å². The third-order valence-electron chi connectivity index (χ3n) is 5.16. The fourth-order valence-electron chi connectivity index (χ4n) is 3.51. The highest BCUT2D eigenvalue weighted by atomic mass is 32.2. The molecule has 0 bridgehead atoms. The van der Waals surface area contributed by atoms with Gasteiger partial charge in [-0.2, -0.15) is 17.6 Å². The fourth-order valence-corrected chi connectivity index (χ4v) is 4.30. The minimum Gasteiger partial charge on any atom is -0.505 e. The number of aromatic hydroxyl groups is 1. The van der Waals surface area contributed by atoms with Crippen molar-refractivity contribution in [3.8, 4) is 11.5 Å². The smallest absolute Gasteiger partial charge is 0.461 e. The Kier molecular flexibility index (Phi) is 8.20. The molecule has 0 aliphatic heterocycles. The van der Waals surface area contributed by atoms with Crippen LogP contribution in [-0.2, 0) is 12.0 Å². The number of phenolic OH excluding ortho intramolecular Hbond substituents is 1. The first-order valence-electron chi connectivity index (χ1n) is 10.9. The van der Waals surface area contributed by atoms with Gasteiger partial charge >= 0.3 is 12.5 Å². The molecule has 1 atom stereocenters. The summed E-state index contributed by atoms with van der Waals surface area (Å²) in [7, 11) is 0. The van der Waals surface area contributed by atoms with E-state index in [1.807, 2.05) is 20.8 Å². The summed E-state index contributed by atoms with van der Waals surface area (Å²) >= 11 is 1.22. The Morgan fingerprint density at radius 3 is 2.17 bits per heavy atom. The standard InChI is InChI=1S/C26H25F6NO2S/c1-24(2,3)36-33-25(15-16-7-5-4-6-8-16,17-9-10-22(34)21(28)13-17)18-11-19(27)14-20(12-18)35-26(31,32)23(29)30/h4-14,23,33-34H,15H2,1-3H3. The van der Waals surface area contributed by atoms with E-state index in [0.717, 1.165) is 29.8 Å². The summed E-state index contributed by atoms with van der Waals surface area (Å²) in [6.07, 6.45) is -8.92. The zero-order valence-electron chi connectivity index (χ0n) is 19.7. The molecule has 0 amide bonds. The van der Waals surface area contributed by atoms with Gasteiger partial charge in [0.15, 0.2) is 11.6 Å². The molecule has 0 aliphatic carbocycles. The first-order valence-corrected chi connectivity index (χ1v) is 11.7. The molecule has 194 valence electrons. The molecule has 0 spiro atoms. The van der Waals surface area contributed by atoms with E-state index in [1.165, 1.54) is 18.0 Å². The summed E-state index contributed by atoms with van der Waals surface area (Å²) in [6.45, 7) is 5.66. The molecule has 0 aromatic heterocycles. The number of rotatable bonds is 9. The van der Waals surface area contributed by atoms with Gasteiger partial charge in [0.05, 0.1) is 5.54 Å². The van der Waals surface area contributed by atoms with Gasteiger partial charge in [0.1, 0.15) is 11.6 Å². The number of ether oxygens (including phenoxy) is 1. The van der Waals surface area contributed by atoms with Crippen LogP contribution in [0, 0.1) is 11.6 Å². The monoisotopic (exact) mass is 529 g/mol. The number of hydrogen-bond acceptors (Lipinski definition) is 4. The SMILES string of the molecule is CC(C)(C)SNC(Cc1ccccc1)(c1cc(F)cc(OC(F)(F)C(F)F)c1)c1ccc(O)c(F)c1. The second-order valence-electron chi connectivity index (χ2n) is 9.19. The highest BCUT2D eigenvalue weighted by molar-refractivity contribution is 7.98. The number of halogens is 6. The minimum atomic E-state index is -4.86. The van der Waals surface area contributed by atoms with Gasteiger partial charge in [-0.3, -0.25) is 0 Å². The van der Waals surface area contributed by atoms with Crippen LogP contribution in [0.3, 0.4) is 0 Å². The van der Waals surface area contributed by atoms with E-state index in [-0.39, 0.29) is 17.5 Å². The quantitative estimate of drug-likeness (QED) is 0.224. The molecule has 0 heterocycles. The summed E-state index contributed by atoms with van der Waals surface area (Å²) in [5.74, 6) is -3.42. The summed E-state index contributed by atoms with van der Waals surface area (Å²) < 4.78 is 89.2. The topological polar surface area (TPSA) is 41.5 Å². The fraction of sp³-hybridized carbons (Fsp3) is 0.308. The van der Waals surface area contributed by atoms with Gasteiger partial charge < -0.3 is 9.84 Å². The Hall–Kier alpha value is -2.85. The van der Waals surface area contributed by atoms with E-state index in [1.54, 1.807) is 30.3 Å². The number of alkyl halides is 4. The van der Waals surface area contributed by atoms with E-state index >= 15 is 0 Å². The van der Waals surface area contributed by atoms with Crippen LogP contribution in [0.4, 0.5) is 26.3 Å². The van der Waals surface area contributed by atoms with Crippen molar-refractivity contribution in [2.45, 2.75) is 50.0 Å². The number of phenols is 1. The molecule has 0 saturated heterocycles. The van der Waals surface area contributed by atoms with Gasteiger partial charge in [0.2, 0.25) is 0 Å². The molecule has 0 fully saturated rings. The lowest BCUT2D eigenvalue weighted by atomic mass is 9.78. The average molecular weight is 530 g/mol. The van der Waals surface area contributed by atoms with Crippen LogP contribution in [0.2, 0.25) is 0 Å². The zero-order valence-corrected chi connectivity index (χ0v) is 20.5. The van der Waals surface area contributed by atoms with Crippen LogP contribution in [0.15, 0.2) is 66.7 Å². The molecule has 3 aromatic carbocycles. The molecule has 0 aliphatic rings. The lowest BCUT2D eigenvalue weighted by molar-refractivity contribution is -0.253. The molecular weight excluding hydrogens is 504 g/mol. The van der Waals surface area contributed by atoms with Crippen LogP contribution in [0.25, 0.3) is 0 Å². The molecule has 36 heavy (non-hydrogen) atoms. The summed E-state index contributed by atoms with van der Waals surface area (Å²) in [4.78, 5) is 0. The van der Waals surface area contributed by atoms with Crippen LogP contribution in [-0.4, -0.2) is 22.4 Å². The summed E-state index contributed by atoms with van der Waals surface area (Å²) in [5.41, 5.74) is -0.491. The number of nitrogens with one attached hydrogen (secondary N) is 1. The van der Waals surface area contributed by atoms with Crippen LogP contribution >= 0.6 is 11.9 Å². The molecule has 3 nitrogen and oxygen atoms in total.